The minimum absolute atomic E-state index is 0.172. The molecule has 0 aliphatic carbocycles. The van der Waals surface area contributed by atoms with Crippen LogP contribution in [0.25, 0.3) is 0 Å². The van der Waals surface area contributed by atoms with Gasteiger partial charge in [-0.3, -0.25) is 0 Å². The van der Waals surface area contributed by atoms with Crippen LogP contribution in [0, 0.1) is 0 Å². The molecule has 2 bridgehead atoms. The van der Waals surface area contributed by atoms with Gasteiger partial charge in [-0.25, -0.2) is 0 Å². The van der Waals surface area contributed by atoms with Gasteiger partial charge in [0.05, 0.1) is 12.2 Å². The van der Waals surface area contributed by atoms with E-state index in [2.05, 4.69) is 24.3 Å². The zero-order valence-electron chi connectivity index (χ0n) is 6.73. The molecule has 2 aliphatic heterocycles. The van der Waals surface area contributed by atoms with Gasteiger partial charge in [0, 0.05) is 6.04 Å². The van der Waals surface area contributed by atoms with Crippen molar-refractivity contribution < 1.29 is 4.74 Å². The summed E-state index contributed by atoms with van der Waals surface area (Å²) >= 11 is 0. The molecule has 0 unspecified atom stereocenters. The van der Waals surface area contributed by atoms with Gasteiger partial charge in [0.2, 0.25) is 0 Å². The van der Waals surface area contributed by atoms with Crippen molar-refractivity contribution in [1.29, 1.82) is 0 Å². The Morgan fingerprint density at radius 1 is 1.25 bits per heavy atom. The van der Waals surface area contributed by atoms with Crippen molar-refractivity contribution >= 4 is 0 Å². The predicted molar refractivity (Wildman–Crippen MR) is 45.6 cm³/mol. The summed E-state index contributed by atoms with van der Waals surface area (Å²) in [6, 6.07) is 8.60. The van der Waals surface area contributed by atoms with E-state index in [4.69, 9.17) is 10.5 Å². The number of hydrogen-bond acceptors (Lipinski definition) is 2. The second kappa shape index (κ2) is 2.09. The summed E-state index contributed by atoms with van der Waals surface area (Å²) < 4.78 is 5.73. The lowest BCUT2D eigenvalue weighted by Gasteiger charge is -2.16. The molecule has 2 heterocycles. The third kappa shape index (κ3) is 0.667. The molecule has 0 amide bonds. The quantitative estimate of drug-likeness (QED) is 0.626. The molecule has 2 heteroatoms. The molecule has 1 saturated heterocycles. The fourth-order valence-electron chi connectivity index (χ4n) is 2.27. The third-order valence-electron chi connectivity index (χ3n) is 2.84. The van der Waals surface area contributed by atoms with E-state index >= 15 is 0 Å². The van der Waals surface area contributed by atoms with Crippen molar-refractivity contribution in [2.75, 3.05) is 0 Å². The first-order chi connectivity index (χ1) is 5.86. The third-order valence-corrected chi connectivity index (χ3v) is 2.84. The molecule has 12 heavy (non-hydrogen) atoms. The van der Waals surface area contributed by atoms with Gasteiger partial charge in [-0.05, 0) is 17.5 Å². The second-order valence-electron chi connectivity index (χ2n) is 3.57. The van der Waals surface area contributed by atoms with Crippen LogP contribution in [-0.2, 0) is 4.74 Å². The maximum absolute atomic E-state index is 5.91. The highest BCUT2D eigenvalue weighted by Gasteiger charge is 2.42. The summed E-state index contributed by atoms with van der Waals surface area (Å²) in [5.74, 6) is 0. The maximum Gasteiger partial charge on any atom is 0.0988 e. The topological polar surface area (TPSA) is 35.2 Å². The van der Waals surface area contributed by atoms with E-state index in [1.165, 1.54) is 11.1 Å². The maximum atomic E-state index is 5.91. The molecular weight excluding hydrogens is 150 g/mol. The normalized spacial score (nSPS) is 36.9. The highest BCUT2D eigenvalue weighted by atomic mass is 16.5. The van der Waals surface area contributed by atoms with Crippen LogP contribution in [0.4, 0.5) is 0 Å². The highest BCUT2D eigenvalue weighted by molar-refractivity contribution is 5.38. The van der Waals surface area contributed by atoms with E-state index in [1.54, 1.807) is 0 Å². The standard InChI is InChI=1S/C10H11NO/c11-8-5-9-6-3-1-2-4-7(6)10(8)12-9/h1-4,8-10H,5,11H2/t8-,9-,10-/m0/s1. The first kappa shape index (κ1) is 6.63. The Morgan fingerprint density at radius 2 is 2.00 bits per heavy atom. The Bertz CT molecular complexity index is 323. The number of fused-ring (bicyclic) bond motifs is 5. The molecule has 0 radical (unpaired) electrons. The van der Waals surface area contributed by atoms with E-state index < -0.39 is 0 Å². The molecule has 1 aromatic carbocycles. The van der Waals surface area contributed by atoms with Gasteiger partial charge in [-0.2, -0.15) is 0 Å². The molecule has 2 N–H and O–H groups in total. The Morgan fingerprint density at radius 3 is 2.83 bits per heavy atom. The Balaban J connectivity index is 2.17. The van der Waals surface area contributed by atoms with E-state index in [1.807, 2.05) is 0 Å². The molecule has 1 fully saturated rings. The number of ether oxygens (including phenoxy) is 1. The molecule has 0 aromatic heterocycles. The highest BCUT2D eigenvalue weighted by Crippen LogP contribution is 2.49. The largest absolute Gasteiger partial charge is 0.364 e. The Kier molecular flexibility index (Phi) is 1.15. The molecule has 2 nitrogen and oxygen atoms in total. The number of benzene rings is 1. The molecular formula is C10H11NO. The molecule has 3 atom stereocenters. The number of rotatable bonds is 0. The van der Waals surface area contributed by atoms with Crippen LogP contribution in [0.3, 0.4) is 0 Å². The van der Waals surface area contributed by atoms with Gasteiger partial charge >= 0.3 is 0 Å². The number of nitrogens with two attached hydrogens (primary N) is 1. The fourth-order valence-corrected chi connectivity index (χ4v) is 2.27. The summed E-state index contributed by atoms with van der Waals surface area (Å²) in [4.78, 5) is 0. The molecule has 0 saturated carbocycles. The van der Waals surface area contributed by atoms with Crippen molar-refractivity contribution in [2.24, 2.45) is 5.73 Å². The van der Waals surface area contributed by atoms with Crippen LogP contribution in [0.1, 0.15) is 29.8 Å². The minimum atomic E-state index is 0.172. The molecule has 3 rings (SSSR count). The van der Waals surface area contributed by atoms with Crippen LogP contribution in [-0.4, -0.2) is 6.04 Å². The fraction of sp³-hybridized carbons (Fsp3) is 0.400. The van der Waals surface area contributed by atoms with Crippen LogP contribution in [0.2, 0.25) is 0 Å². The van der Waals surface area contributed by atoms with Crippen LogP contribution >= 0.6 is 0 Å². The molecule has 62 valence electrons. The van der Waals surface area contributed by atoms with Gasteiger partial charge in [0.25, 0.3) is 0 Å². The van der Waals surface area contributed by atoms with Crippen molar-refractivity contribution in [1.82, 2.24) is 0 Å². The van der Waals surface area contributed by atoms with Crippen molar-refractivity contribution in [2.45, 2.75) is 24.7 Å². The smallest absolute Gasteiger partial charge is 0.0988 e. The Labute approximate surface area is 71.3 Å². The second-order valence-corrected chi connectivity index (χ2v) is 3.57. The molecule has 2 aliphatic rings. The first-order valence-corrected chi connectivity index (χ1v) is 4.36. The first-order valence-electron chi connectivity index (χ1n) is 4.36. The van der Waals surface area contributed by atoms with E-state index in [-0.39, 0.29) is 18.2 Å². The summed E-state index contributed by atoms with van der Waals surface area (Å²) in [6.07, 6.45) is 1.44. The lowest BCUT2D eigenvalue weighted by molar-refractivity contribution is 0.0679. The average Bonchev–Trinajstić information content (AvgIpc) is 2.62. The SMILES string of the molecule is N[C@H]1C[C@@H]2O[C@H]1c1ccccc12. The van der Waals surface area contributed by atoms with Gasteiger partial charge in [0.15, 0.2) is 0 Å². The van der Waals surface area contributed by atoms with E-state index in [0.717, 1.165) is 6.42 Å². The summed E-state index contributed by atoms with van der Waals surface area (Å²) in [5, 5.41) is 0. The van der Waals surface area contributed by atoms with E-state index in [0.29, 0.717) is 0 Å². The van der Waals surface area contributed by atoms with Crippen molar-refractivity contribution in [3.63, 3.8) is 0 Å². The summed E-state index contributed by atoms with van der Waals surface area (Å²) in [5.41, 5.74) is 8.57. The van der Waals surface area contributed by atoms with Crippen molar-refractivity contribution in [3.05, 3.63) is 35.4 Å². The summed E-state index contributed by atoms with van der Waals surface area (Å²) in [7, 11) is 0. The Hall–Kier alpha value is -0.860. The van der Waals surface area contributed by atoms with E-state index in [9.17, 15) is 0 Å². The van der Waals surface area contributed by atoms with Crippen LogP contribution < -0.4 is 5.73 Å². The van der Waals surface area contributed by atoms with Gasteiger partial charge < -0.3 is 10.5 Å². The van der Waals surface area contributed by atoms with Gasteiger partial charge in [0.1, 0.15) is 0 Å². The van der Waals surface area contributed by atoms with Crippen LogP contribution in [0.5, 0.6) is 0 Å². The summed E-state index contributed by atoms with van der Waals surface area (Å²) in [6.45, 7) is 0. The minimum Gasteiger partial charge on any atom is -0.364 e. The zero-order valence-corrected chi connectivity index (χ0v) is 6.73. The average molecular weight is 161 g/mol. The molecule has 0 spiro atoms. The zero-order chi connectivity index (χ0) is 8.13. The molecule has 1 aromatic rings. The van der Waals surface area contributed by atoms with Gasteiger partial charge in [-0.1, -0.05) is 24.3 Å². The lowest BCUT2D eigenvalue weighted by atomic mass is 9.89. The monoisotopic (exact) mass is 161 g/mol. The lowest BCUT2D eigenvalue weighted by Crippen LogP contribution is -2.25. The van der Waals surface area contributed by atoms with Crippen molar-refractivity contribution in [3.8, 4) is 0 Å². The number of hydrogen-bond donors (Lipinski definition) is 1. The van der Waals surface area contributed by atoms with Gasteiger partial charge in [-0.15, -0.1) is 0 Å². The predicted octanol–water partition coefficient (Wildman–Crippen LogP) is 1.53. The van der Waals surface area contributed by atoms with Crippen LogP contribution in [0.15, 0.2) is 24.3 Å².